The molecule has 1 rings (SSSR count). The highest BCUT2D eigenvalue weighted by Gasteiger charge is 2.31. The first kappa shape index (κ1) is 16.0. The molecule has 0 fully saturated rings. The summed E-state index contributed by atoms with van der Waals surface area (Å²) in [5, 5.41) is 20.5. The third-order valence-corrected chi connectivity index (χ3v) is 2.97. The lowest BCUT2D eigenvalue weighted by Gasteiger charge is -2.30. The van der Waals surface area contributed by atoms with Crippen LogP contribution in [0.4, 0.5) is 0 Å². The number of para-hydroxylation sites is 1. The van der Waals surface area contributed by atoms with Crippen molar-refractivity contribution in [1.29, 1.82) is 0 Å². The second-order valence-electron chi connectivity index (χ2n) is 5.63. The molecule has 108 valence electrons. The Morgan fingerprint density at radius 2 is 1.74 bits per heavy atom. The zero-order chi connectivity index (χ0) is 14.5. The van der Waals surface area contributed by atoms with Crippen LogP contribution in [-0.2, 0) is 4.74 Å². The summed E-state index contributed by atoms with van der Waals surface area (Å²) in [6.07, 6.45) is -1.83. The number of aliphatic hydroxyl groups excluding tert-OH is 2. The molecule has 2 unspecified atom stereocenters. The monoisotopic (exact) mass is 268 g/mol. The van der Waals surface area contributed by atoms with E-state index in [0.29, 0.717) is 24.5 Å². The number of rotatable bonds is 6. The fourth-order valence-corrected chi connectivity index (χ4v) is 1.73. The van der Waals surface area contributed by atoms with E-state index < -0.39 is 17.6 Å². The molecule has 0 heterocycles. The van der Waals surface area contributed by atoms with Crippen LogP contribution in [0, 0.1) is 5.41 Å². The molecule has 0 aliphatic rings. The minimum atomic E-state index is -0.973. The second-order valence-corrected chi connectivity index (χ2v) is 5.63. The predicted molar refractivity (Wildman–Crippen MR) is 74.2 cm³/mol. The van der Waals surface area contributed by atoms with Gasteiger partial charge in [-0.1, -0.05) is 39.0 Å². The highest BCUT2D eigenvalue weighted by Crippen LogP contribution is 2.34. The van der Waals surface area contributed by atoms with Gasteiger partial charge in [-0.3, -0.25) is 0 Å². The van der Waals surface area contributed by atoms with Gasteiger partial charge in [0, 0.05) is 12.7 Å². The van der Waals surface area contributed by atoms with E-state index in [-0.39, 0.29) is 0 Å². The van der Waals surface area contributed by atoms with Crippen molar-refractivity contribution in [2.45, 2.75) is 33.0 Å². The average Bonchev–Trinajstić information content (AvgIpc) is 2.37. The molecule has 2 N–H and O–H groups in total. The van der Waals surface area contributed by atoms with Crippen LogP contribution in [0.2, 0.25) is 0 Å². The normalized spacial score (nSPS) is 15.1. The quantitative estimate of drug-likeness (QED) is 0.776. The maximum absolute atomic E-state index is 10.3. The summed E-state index contributed by atoms with van der Waals surface area (Å²) in [6.45, 7) is 6.54. The summed E-state index contributed by atoms with van der Waals surface area (Å²) in [5.41, 5.74) is 0.194. The maximum atomic E-state index is 10.3. The first-order chi connectivity index (χ1) is 8.88. The van der Waals surface area contributed by atoms with Gasteiger partial charge in [-0.05, 0) is 11.5 Å². The van der Waals surface area contributed by atoms with Crippen molar-refractivity contribution >= 4 is 0 Å². The van der Waals surface area contributed by atoms with Crippen LogP contribution in [0.5, 0.6) is 5.75 Å². The molecule has 19 heavy (non-hydrogen) atoms. The Hall–Kier alpha value is -1.10. The molecular weight excluding hydrogens is 244 g/mol. The van der Waals surface area contributed by atoms with Gasteiger partial charge in [0.15, 0.2) is 0 Å². The SMILES string of the molecule is COCCOc1ccccc1C(O)C(O)C(C)(C)C. The van der Waals surface area contributed by atoms with Gasteiger partial charge in [0.2, 0.25) is 0 Å². The van der Waals surface area contributed by atoms with E-state index in [4.69, 9.17) is 9.47 Å². The van der Waals surface area contributed by atoms with Gasteiger partial charge in [0.05, 0.1) is 12.7 Å². The van der Waals surface area contributed by atoms with Crippen LogP contribution in [0.15, 0.2) is 24.3 Å². The first-order valence-corrected chi connectivity index (χ1v) is 6.44. The van der Waals surface area contributed by atoms with E-state index in [1.807, 2.05) is 32.9 Å². The van der Waals surface area contributed by atoms with Gasteiger partial charge in [0.1, 0.15) is 18.5 Å². The molecule has 0 spiro atoms. The van der Waals surface area contributed by atoms with E-state index in [1.54, 1.807) is 19.2 Å². The lowest BCUT2D eigenvalue weighted by molar-refractivity contribution is -0.0469. The molecule has 0 bridgehead atoms. The largest absolute Gasteiger partial charge is 0.491 e. The Kier molecular flexibility index (Phi) is 5.79. The van der Waals surface area contributed by atoms with Crippen molar-refractivity contribution in [3.05, 3.63) is 29.8 Å². The molecule has 0 aliphatic heterocycles. The summed E-state index contributed by atoms with van der Waals surface area (Å²) < 4.78 is 10.5. The summed E-state index contributed by atoms with van der Waals surface area (Å²) in [7, 11) is 1.60. The molecule has 2 atom stereocenters. The molecule has 0 aromatic heterocycles. The Balaban J connectivity index is 2.87. The molecule has 1 aromatic rings. The van der Waals surface area contributed by atoms with Crippen LogP contribution in [-0.4, -0.2) is 36.6 Å². The lowest BCUT2D eigenvalue weighted by Crippen LogP contribution is -2.32. The van der Waals surface area contributed by atoms with Crippen molar-refractivity contribution < 1.29 is 19.7 Å². The van der Waals surface area contributed by atoms with Crippen molar-refractivity contribution in [2.75, 3.05) is 20.3 Å². The number of methoxy groups -OCH3 is 1. The van der Waals surface area contributed by atoms with Crippen LogP contribution >= 0.6 is 0 Å². The fraction of sp³-hybridized carbons (Fsp3) is 0.600. The number of benzene rings is 1. The molecule has 1 aromatic carbocycles. The Morgan fingerprint density at radius 1 is 1.11 bits per heavy atom. The zero-order valence-corrected chi connectivity index (χ0v) is 12.1. The third-order valence-electron chi connectivity index (χ3n) is 2.97. The summed E-state index contributed by atoms with van der Waals surface area (Å²) in [4.78, 5) is 0. The number of hydrogen-bond donors (Lipinski definition) is 2. The van der Waals surface area contributed by atoms with Gasteiger partial charge in [-0.15, -0.1) is 0 Å². The van der Waals surface area contributed by atoms with Crippen molar-refractivity contribution in [2.24, 2.45) is 5.41 Å². The standard InChI is InChI=1S/C15H24O4/c1-15(2,3)14(17)13(16)11-7-5-6-8-12(11)19-10-9-18-4/h5-8,13-14,16-17H,9-10H2,1-4H3. The summed E-state index contributed by atoms with van der Waals surface area (Å²) >= 11 is 0. The zero-order valence-electron chi connectivity index (χ0n) is 12.1. The van der Waals surface area contributed by atoms with Gasteiger partial charge in [-0.2, -0.15) is 0 Å². The molecule has 0 amide bonds. The molecular formula is C15H24O4. The molecule has 4 heteroatoms. The molecule has 4 nitrogen and oxygen atoms in total. The highest BCUT2D eigenvalue weighted by atomic mass is 16.5. The van der Waals surface area contributed by atoms with Gasteiger partial charge in [-0.25, -0.2) is 0 Å². The smallest absolute Gasteiger partial charge is 0.125 e. The van der Waals surface area contributed by atoms with Crippen molar-refractivity contribution in [1.82, 2.24) is 0 Å². The average molecular weight is 268 g/mol. The fourth-order valence-electron chi connectivity index (χ4n) is 1.73. The topological polar surface area (TPSA) is 58.9 Å². The first-order valence-electron chi connectivity index (χ1n) is 6.44. The van der Waals surface area contributed by atoms with Gasteiger partial charge >= 0.3 is 0 Å². The maximum Gasteiger partial charge on any atom is 0.125 e. The molecule has 0 saturated heterocycles. The number of ether oxygens (including phenoxy) is 2. The van der Waals surface area contributed by atoms with E-state index >= 15 is 0 Å². The Morgan fingerprint density at radius 3 is 2.32 bits per heavy atom. The van der Waals surface area contributed by atoms with Crippen LogP contribution < -0.4 is 4.74 Å². The van der Waals surface area contributed by atoms with Crippen LogP contribution in [0.3, 0.4) is 0 Å². The summed E-state index contributed by atoms with van der Waals surface area (Å²) in [5.74, 6) is 0.579. The van der Waals surface area contributed by atoms with E-state index in [9.17, 15) is 10.2 Å². The lowest BCUT2D eigenvalue weighted by atomic mass is 9.83. The van der Waals surface area contributed by atoms with E-state index in [0.717, 1.165) is 0 Å². The van der Waals surface area contributed by atoms with E-state index in [2.05, 4.69) is 0 Å². The van der Waals surface area contributed by atoms with Crippen LogP contribution in [0.25, 0.3) is 0 Å². The Bertz CT molecular complexity index is 384. The van der Waals surface area contributed by atoms with Gasteiger partial charge < -0.3 is 19.7 Å². The highest BCUT2D eigenvalue weighted by molar-refractivity contribution is 5.35. The molecule has 0 saturated carbocycles. The second kappa shape index (κ2) is 6.89. The number of aliphatic hydroxyl groups is 2. The number of hydrogen-bond acceptors (Lipinski definition) is 4. The Labute approximate surface area is 115 Å². The molecule has 0 radical (unpaired) electrons. The third kappa shape index (κ3) is 4.49. The summed E-state index contributed by atoms with van der Waals surface area (Å²) in [6, 6.07) is 7.20. The van der Waals surface area contributed by atoms with Gasteiger partial charge in [0.25, 0.3) is 0 Å². The minimum Gasteiger partial charge on any atom is -0.491 e. The van der Waals surface area contributed by atoms with Crippen molar-refractivity contribution in [3.63, 3.8) is 0 Å². The minimum absolute atomic E-state index is 0.404. The molecule has 0 aliphatic carbocycles. The predicted octanol–water partition coefficient (Wildman–Crippen LogP) is 2.15. The van der Waals surface area contributed by atoms with Crippen LogP contribution in [0.1, 0.15) is 32.4 Å². The van der Waals surface area contributed by atoms with E-state index in [1.165, 1.54) is 0 Å². The van der Waals surface area contributed by atoms with Crippen molar-refractivity contribution in [3.8, 4) is 5.75 Å².